The van der Waals surface area contributed by atoms with Gasteiger partial charge in [-0.3, -0.25) is 4.57 Å². The summed E-state index contributed by atoms with van der Waals surface area (Å²) in [7, 11) is 0. The van der Waals surface area contributed by atoms with Gasteiger partial charge in [0.05, 0.1) is 0 Å². The van der Waals surface area contributed by atoms with Crippen LogP contribution < -0.4 is 0 Å². The molecule has 3 aromatic rings. The monoisotopic (exact) mass is 520 g/mol. The predicted octanol–water partition coefficient (Wildman–Crippen LogP) is 2.90. The first-order valence-corrected chi connectivity index (χ1v) is 7.62. The van der Waals surface area contributed by atoms with Gasteiger partial charge in [0.25, 0.3) is 3.68 Å². The molecule has 1 unspecified atom stereocenters. The molecule has 3 aromatic heterocycles. The SMILES string of the molecule is FC(F)(I)C(F)(I)c1nnc2ccc(-n3ccnc3)nn12. The van der Waals surface area contributed by atoms with Crippen molar-refractivity contribution in [1.29, 1.82) is 0 Å². The summed E-state index contributed by atoms with van der Waals surface area (Å²) >= 11 is 1.74. The Kier molecular flexibility index (Phi) is 3.58. The maximum Gasteiger partial charge on any atom is 0.346 e. The molecule has 0 aliphatic carbocycles. The lowest BCUT2D eigenvalue weighted by Crippen LogP contribution is -2.32. The lowest BCUT2D eigenvalue weighted by Gasteiger charge is -2.21. The molecule has 0 aromatic carbocycles. The van der Waals surface area contributed by atoms with Gasteiger partial charge in [-0.2, -0.15) is 13.3 Å². The molecule has 0 spiro atoms. The Labute approximate surface area is 143 Å². The van der Waals surface area contributed by atoms with Crippen molar-refractivity contribution in [1.82, 2.24) is 29.4 Å². The second-order valence-corrected chi connectivity index (χ2v) is 6.87. The molecule has 3 rings (SSSR count). The Morgan fingerprint density at radius 3 is 2.48 bits per heavy atom. The highest BCUT2D eigenvalue weighted by atomic mass is 127. The van der Waals surface area contributed by atoms with Crippen LogP contribution in [0.3, 0.4) is 0 Å². The van der Waals surface area contributed by atoms with E-state index in [9.17, 15) is 13.2 Å². The van der Waals surface area contributed by atoms with Gasteiger partial charge in [0, 0.05) is 35.0 Å². The molecule has 0 saturated heterocycles. The van der Waals surface area contributed by atoms with E-state index < -0.39 is 13.4 Å². The number of fused-ring (bicyclic) bond motifs is 1. The zero-order chi connectivity index (χ0) is 15.3. The highest BCUT2D eigenvalue weighted by Crippen LogP contribution is 2.50. The molecule has 6 nitrogen and oxygen atoms in total. The van der Waals surface area contributed by atoms with Crippen LogP contribution >= 0.6 is 45.2 Å². The number of aromatic nitrogens is 6. The molecule has 21 heavy (non-hydrogen) atoms. The van der Waals surface area contributed by atoms with Gasteiger partial charge in [-0.15, -0.1) is 15.3 Å². The van der Waals surface area contributed by atoms with Crippen molar-refractivity contribution in [3.63, 3.8) is 0 Å². The summed E-state index contributed by atoms with van der Waals surface area (Å²) in [5.41, 5.74) is 0.174. The molecule has 11 heteroatoms. The molecule has 0 N–H and O–H groups in total. The van der Waals surface area contributed by atoms with E-state index in [0.717, 1.165) is 49.7 Å². The van der Waals surface area contributed by atoms with Gasteiger partial charge in [0.1, 0.15) is 6.33 Å². The summed E-state index contributed by atoms with van der Waals surface area (Å²) in [4.78, 5) is 3.86. The molecule has 0 saturated carbocycles. The van der Waals surface area contributed by atoms with Crippen LogP contribution in [0.25, 0.3) is 11.5 Å². The summed E-state index contributed by atoms with van der Waals surface area (Å²) < 4.78 is 37.1. The van der Waals surface area contributed by atoms with Crippen molar-refractivity contribution in [2.45, 2.75) is 7.60 Å². The zero-order valence-corrected chi connectivity index (χ0v) is 14.3. The summed E-state index contributed by atoms with van der Waals surface area (Å²) in [6, 6.07) is 3.11. The third-order valence-corrected chi connectivity index (χ3v) is 5.59. The molecule has 0 amide bonds. The van der Waals surface area contributed by atoms with Crippen LogP contribution in [0.1, 0.15) is 5.82 Å². The maximum absolute atomic E-state index is 14.4. The van der Waals surface area contributed by atoms with Crippen molar-refractivity contribution in [3.05, 3.63) is 36.7 Å². The number of imidazole rings is 1. The average molecular weight is 520 g/mol. The van der Waals surface area contributed by atoms with Gasteiger partial charge < -0.3 is 0 Å². The molecule has 0 aliphatic rings. The minimum absolute atomic E-state index is 0.174. The number of hydrogen-bond donors (Lipinski definition) is 0. The Balaban J connectivity index is 2.19. The van der Waals surface area contributed by atoms with Gasteiger partial charge in [0.15, 0.2) is 11.5 Å². The first-order valence-electron chi connectivity index (χ1n) is 5.46. The smallest absolute Gasteiger partial charge is 0.289 e. The molecule has 1 atom stereocenters. The fraction of sp³-hybridized carbons (Fsp3) is 0.200. The van der Waals surface area contributed by atoms with Crippen LogP contribution in [0.2, 0.25) is 0 Å². The third-order valence-electron chi connectivity index (χ3n) is 2.65. The van der Waals surface area contributed by atoms with Gasteiger partial charge in [-0.1, -0.05) is 0 Å². The lowest BCUT2D eigenvalue weighted by molar-refractivity contribution is 0.0136. The maximum atomic E-state index is 14.4. The summed E-state index contributed by atoms with van der Waals surface area (Å²) in [5.74, 6) is -0.190. The number of rotatable bonds is 3. The van der Waals surface area contributed by atoms with Gasteiger partial charge in [-0.05, 0) is 34.7 Å². The van der Waals surface area contributed by atoms with Crippen LogP contribution in [-0.2, 0) is 3.68 Å². The fourth-order valence-electron chi connectivity index (χ4n) is 1.63. The molecule has 0 radical (unpaired) electrons. The van der Waals surface area contributed by atoms with Gasteiger partial charge >= 0.3 is 3.93 Å². The Morgan fingerprint density at radius 1 is 1.10 bits per heavy atom. The molecule has 0 aliphatic heterocycles. The van der Waals surface area contributed by atoms with Crippen LogP contribution in [0.15, 0.2) is 30.9 Å². The Morgan fingerprint density at radius 2 is 1.86 bits per heavy atom. The normalized spacial score (nSPS) is 15.3. The molecular formula is C10H5F3I2N6. The number of halogens is 5. The van der Waals surface area contributed by atoms with E-state index >= 15 is 0 Å². The van der Waals surface area contributed by atoms with Crippen LogP contribution in [0.5, 0.6) is 0 Å². The summed E-state index contributed by atoms with van der Waals surface area (Å²) in [6.07, 6.45) is 4.64. The quantitative estimate of drug-likeness (QED) is 0.394. The van der Waals surface area contributed by atoms with E-state index in [1.54, 1.807) is 16.8 Å². The molecular weight excluding hydrogens is 515 g/mol. The van der Waals surface area contributed by atoms with E-state index in [0.29, 0.717) is 5.82 Å². The van der Waals surface area contributed by atoms with E-state index in [-0.39, 0.29) is 5.65 Å². The first kappa shape index (κ1) is 14.9. The first-order chi connectivity index (χ1) is 9.80. The summed E-state index contributed by atoms with van der Waals surface area (Å²) in [6.45, 7) is 0. The van der Waals surface area contributed by atoms with E-state index in [2.05, 4.69) is 20.3 Å². The van der Waals surface area contributed by atoms with Gasteiger partial charge in [0.2, 0.25) is 5.82 Å². The van der Waals surface area contributed by atoms with Crippen LogP contribution in [0, 0.1) is 0 Å². The minimum atomic E-state index is -3.67. The molecule has 3 heterocycles. The van der Waals surface area contributed by atoms with E-state index in [1.807, 2.05) is 0 Å². The second kappa shape index (κ2) is 5.03. The van der Waals surface area contributed by atoms with Crippen molar-refractivity contribution in [2.75, 3.05) is 0 Å². The second-order valence-electron chi connectivity index (χ2n) is 4.03. The molecule has 110 valence electrons. The van der Waals surface area contributed by atoms with E-state index in [1.165, 1.54) is 18.6 Å². The minimum Gasteiger partial charge on any atom is -0.289 e. The standard InChI is InChI=1S/C10H5F3I2N6/c11-9(14,10(12,13)15)8-18-17-6-1-2-7(19-21(6)8)20-4-3-16-5-20/h1-5H. The van der Waals surface area contributed by atoms with Crippen molar-refractivity contribution < 1.29 is 13.2 Å². The van der Waals surface area contributed by atoms with Crippen molar-refractivity contribution >= 4 is 50.8 Å². The number of nitrogens with zero attached hydrogens (tertiary/aromatic N) is 6. The summed E-state index contributed by atoms with van der Waals surface area (Å²) in [5, 5.41) is 11.3. The zero-order valence-electron chi connectivity index (χ0n) is 9.96. The highest BCUT2D eigenvalue weighted by molar-refractivity contribution is 14.1. The average Bonchev–Trinajstić information content (AvgIpc) is 3.06. The molecule has 0 fully saturated rings. The third kappa shape index (κ3) is 2.49. The van der Waals surface area contributed by atoms with Crippen molar-refractivity contribution in [3.8, 4) is 5.82 Å². The Hall–Kier alpha value is -0.990. The number of hydrogen-bond acceptors (Lipinski definition) is 4. The molecule has 0 bridgehead atoms. The van der Waals surface area contributed by atoms with Crippen LogP contribution in [-0.4, -0.2) is 33.3 Å². The largest absolute Gasteiger partial charge is 0.346 e. The lowest BCUT2D eigenvalue weighted by atomic mass is 10.4. The number of alkyl halides is 5. The predicted molar refractivity (Wildman–Crippen MR) is 83.7 cm³/mol. The fourth-order valence-corrected chi connectivity index (χ4v) is 2.21. The highest BCUT2D eigenvalue weighted by Gasteiger charge is 2.56. The van der Waals surface area contributed by atoms with E-state index in [4.69, 9.17) is 0 Å². The Bertz CT molecular complexity index is 780. The van der Waals surface area contributed by atoms with Gasteiger partial charge in [-0.25, -0.2) is 9.37 Å². The topological polar surface area (TPSA) is 60.9 Å². The van der Waals surface area contributed by atoms with Crippen LogP contribution in [0.4, 0.5) is 13.2 Å². The van der Waals surface area contributed by atoms with Crippen molar-refractivity contribution in [2.24, 2.45) is 0 Å².